The molecular weight excluding hydrogens is 461 g/mol. The van der Waals surface area contributed by atoms with Gasteiger partial charge >= 0.3 is 6.18 Å². The molecule has 0 aliphatic carbocycles. The summed E-state index contributed by atoms with van der Waals surface area (Å²) in [6.07, 6.45) is -4.48. The van der Waals surface area contributed by atoms with Crippen molar-refractivity contribution in [1.82, 2.24) is 0 Å². The molecule has 4 aromatic rings. The molecule has 1 unspecified atom stereocenters. The third-order valence-electron chi connectivity index (χ3n) is 4.97. The number of thiophene rings is 1. The maximum Gasteiger partial charge on any atom is 0.416 e. The highest BCUT2D eigenvalue weighted by molar-refractivity contribution is 7.10. The lowest BCUT2D eigenvalue weighted by molar-refractivity contribution is -0.137. The van der Waals surface area contributed by atoms with E-state index in [-0.39, 0.29) is 5.69 Å². The van der Waals surface area contributed by atoms with E-state index in [1.807, 2.05) is 30.3 Å². The fraction of sp³-hybridized carbons (Fsp3) is 0.115. The summed E-state index contributed by atoms with van der Waals surface area (Å²) in [5, 5.41) is 7.61. The van der Waals surface area contributed by atoms with Gasteiger partial charge in [-0.25, -0.2) is 0 Å². The fourth-order valence-electron chi connectivity index (χ4n) is 3.31. The van der Waals surface area contributed by atoms with Gasteiger partial charge < -0.3 is 15.4 Å². The maximum atomic E-state index is 13.3. The first-order valence-corrected chi connectivity index (χ1v) is 11.3. The van der Waals surface area contributed by atoms with Crippen LogP contribution in [0.2, 0.25) is 0 Å². The Hall–Kier alpha value is -3.78. The van der Waals surface area contributed by atoms with Crippen LogP contribution < -0.4 is 15.4 Å². The number of ether oxygens (including phenoxy) is 1. The average molecular weight is 483 g/mol. The van der Waals surface area contributed by atoms with E-state index in [1.165, 1.54) is 23.5 Å². The lowest BCUT2D eigenvalue weighted by Crippen LogP contribution is -2.27. The predicted molar refractivity (Wildman–Crippen MR) is 128 cm³/mol. The van der Waals surface area contributed by atoms with Crippen molar-refractivity contribution < 1.29 is 22.7 Å². The standard InChI is InChI=1S/C26H21F3N2O2S/c27-26(28,29)19-10-6-11-20(16-19)30-24(23-14-7-15-34-23)25(32)31-21-12-4-5-13-22(21)33-17-18-8-2-1-3-9-18/h1-16,24,30H,17H2,(H,31,32). The maximum absolute atomic E-state index is 13.3. The van der Waals surface area contributed by atoms with Gasteiger partial charge in [0.25, 0.3) is 5.91 Å². The van der Waals surface area contributed by atoms with Crippen LogP contribution in [0.1, 0.15) is 22.0 Å². The van der Waals surface area contributed by atoms with Crippen molar-refractivity contribution in [2.75, 3.05) is 10.6 Å². The molecule has 0 aliphatic heterocycles. The van der Waals surface area contributed by atoms with Crippen LogP contribution >= 0.6 is 11.3 Å². The number of rotatable bonds is 8. The highest BCUT2D eigenvalue weighted by atomic mass is 32.1. The van der Waals surface area contributed by atoms with E-state index in [1.54, 1.807) is 41.8 Å². The Morgan fingerprint density at radius 2 is 1.68 bits per heavy atom. The minimum absolute atomic E-state index is 0.192. The summed E-state index contributed by atoms with van der Waals surface area (Å²) in [6, 6.07) is 24.1. The molecule has 0 radical (unpaired) electrons. The molecule has 0 fully saturated rings. The molecule has 2 N–H and O–H groups in total. The second-order valence-electron chi connectivity index (χ2n) is 7.43. The lowest BCUT2D eigenvalue weighted by Gasteiger charge is -2.20. The van der Waals surface area contributed by atoms with Crippen molar-refractivity contribution in [3.05, 3.63) is 112 Å². The largest absolute Gasteiger partial charge is 0.487 e. The van der Waals surface area contributed by atoms with Crippen LogP contribution in [0.4, 0.5) is 24.5 Å². The number of para-hydroxylation sites is 2. The molecule has 1 atom stereocenters. The number of halogens is 3. The van der Waals surface area contributed by atoms with Crippen LogP contribution in [0, 0.1) is 0 Å². The number of amides is 1. The fourth-order valence-corrected chi connectivity index (χ4v) is 4.08. The Kier molecular flexibility index (Phi) is 7.18. The number of hydrogen-bond donors (Lipinski definition) is 2. The Labute approximate surface area is 199 Å². The SMILES string of the molecule is O=C(Nc1ccccc1OCc1ccccc1)C(Nc1cccc(C(F)(F)F)c1)c1cccs1. The summed E-state index contributed by atoms with van der Waals surface area (Å²) < 4.78 is 45.3. The molecule has 3 aromatic carbocycles. The van der Waals surface area contributed by atoms with Crippen molar-refractivity contribution in [1.29, 1.82) is 0 Å². The van der Waals surface area contributed by atoms with Gasteiger partial charge in [-0.1, -0.05) is 54.6 Å². The van der Waals surface area contributed by atoms with Gasteiger partial charge in [0.05, 0.1) is 11.3 Å². The van der Waals surface area contributed by atoms with E-state index in [2.05, 4.69) is 10.6 Å². The van der Waals surface area contributed by atoms with E-state index >= 15 is 0 Å². The van der Waals surface area contributed by atoms with Crippen molar-refractivity contribution in [3.8, 4) is 5.75 Å². The number of carbonyl (C=O) groups is 1. The first kappa shape index (κ1) is 23.4. The summed E-state index contributed by atoms with van der Waals surface area (Å²) in [7, 11) is 0. The average Bonchev–Trinajstić information content (AvgIpc) is 3.37. The molecule has 4 rings (SSSR count). The number of benzene rings is 3. The number of carbonyl (C=O) groups excluding carboxylic acids is 1. The third-order valence-corrected chi connectivity index (χ3v) is 5.91. The monoisotopic (exact) mass is 482 g/mol. The van der Waals surface area contributed by atoms with E-state index in [0.29, 0.717) is 22.9 Å². The second kappa shape index (κ2) is 10.4. The molecule has 1 aromatic heterocycles. The first-order chi connectivity index (χ1) is 16.4. The van der Waals surface area contributed by atoms with Gasteiger partial charge in [0.2, 0.25) is 0 Å². The van der Waals surface area contributed by atoms with E-state index in [9.17, 15) is 18.0 Å². The number of alkyl halides is 3. The molecule has 8 heteroatoms. The minimum atomic E-state index is -4.48. The Morgan fingerprint density at radius 3 is 2.41 bits per heavy atom. The van der Waals surface area contributed by atoms with Crippen LogP contribution in [0.25, 0.3) is 0 Å². The van der Waals surface area contributed by atoms with Gasteiger partial charge in [-0.15, -0.1) is 11.3 Å². The molecule has 174 valence electrons. The molecule has 34 heavy (non-hydrogen) atoms. The molecule has 1 amide bonds. The zero-order valence-electron chi connectivity index (χ0n) is 17.9. The number of nitrogens with one attached hydrogen (secondary N) is 2. The molecule has 0 saturated heterocycles. The predicted octanol–water partition coefficient (Wildman–Crippen LogP) is 7.14. The van der Waals surface area contributed by atoms with Gasteiger partial charge in [-0.3, -0.25) is 4.79 Å². The van der Waals surface area contributed by atoms with E-state index < -0.39 is 23.7 Å². The summed E-state index contributed by atoms with van der Waals surface area (Å²) in [6.45, 7) is 0.324. The molecule has 0 bridgehead atoms. The summed E-state index contributed by atoms with van der Waals surface area (Å²) in [4.78, 5) is 13.9. The number of anilines is 2. The molecule has 0 saturated carbocycles. The van der Waals surface area contributed by atoms with Gasteiger partial charge in [0.1, 0.15) is 18.4 Å². The molecular formula is C26H21F3N2O2S. The van der Waals surface area contributed by atoms with Crippen LogP contribution in [-0.4, -0.2) is 5.91 Å². The topological polar surface area (TPSA) is 50.4 Å². The molecule has 0 aliphatic rings. The molecule has 4 nitrogen and oxygen atoms in total. The zero-order valence-corrected chi connectivity index (χ0v) is 18.7. The summed E-state index contributed by atoms with van der Waals surface area (Å²) >= 11 is 1.33. The number of hydrogen-bond acceptors (Lipinski definition) is 4. The van der Waals surface area contributed by atoms with Crippen LogP contribution in [0.5, 0.6) is 5.75 Å². The van der Waals surface area contributed by atoms with Gasteiger partial charge in [0.15, 0.2) is 0 Å². The molecule has 0 spiro atoms. The van der Waals surface area contributed by atoms with Crippen molar-refractivity contribution >= 4 is 28.6 Å². The zero-order chi connectivity index (χ0) is 24.0. The van der Waals surface area contributed by atoms with Crippen LogP contribution in [-0.2, 0) is 17.6 Å². The smallest absolute Gasteiger partial charge is 0.416 e. The van der Waals surface area contributed by atoms with E-state index in [0.717, 1.165) is 17.7 Å². The molecule has 1 heterocycles. The van der Waals surface area contributed by atoms with Crippen LogP contribution in [0.15, 0.2) is 96.4 Å². The highest BCUT2D eigenvalue weighted by Gasteiger charge is 2.31. The first-order valence-electron chi connectivity index (χ1n) is 10.4. The highest BCUT2D eigenvalue weighted by Crippen LogP contribution is 2.33. The summed E-state index contributed by atoms with van der Waals surface area (Å²) in [5.41, 5.74) is 0.849. The quantitative estimate of drug-likeness (QED) is 0.281. The minimum Gasteiger partial charge on any atom is -0.487 e. The summed E-state index contributed by atoms with van der Waals surface area (Å²) in [5.74, 6) is 0.0688. The lowest BCUT2D eigenvalue weighted by atomic mass is 10.1. The van der Waals surface area contributed by atoms with Crippen LogP contribution in [0.3, 0.4) is 0 Å². The van der Waals surface area contributed by atoms with Gasteiger partial charge in [0, 0.05) is 10.6 Å². The normalized spacial score (nSPS) is 12.1. The van der Waals surface area contributed by atoms with Crippen molar-refractivity contribution in [2.24, 2.45) is 0 Å². The van der Waals surface area contributed by atoms with Gasteiger partial charge in [-0.2, -0.15) is 13.2 Å². The van der Waals surface area contributed by atoms with Crippen molar-refractivity contribution in [3.63, 3.8) is 0 Å². The van der Waals surface area contributed by atoms with Crippen molar-refractivity contribution in [2.45, 2.75) is 18.8 Å². The van der Waals surface area contributed by atoms with Gasteiger partial charge in [-0.05, 0) is 47.3 Å². The van der Waals surface area contributed by atoms with E-state index in [4.69, 9.17) is 4.74 Å². The second-order valence-corrected chi connectivity index (χ2v) is 8.41. The Balaban J connectivity index is 1.54. The Morgan fingerprint density at radius 1 is 0.912 bits per heavy atom. The third kappa shape index (κ3) is 5.96. The Bertz CT molecular complexity index is 1230.